The van der Waals surface area contributed by atoms with Crippen LogP contribution in [-0.2, 0) is 0 Å². The molecule has 0 radical (unpaired) electrons. The Morgan fingerprint density at radius 1 is 0.185 bits per heavy atom. The van der Waals surface area contributed by atoms with E-state index in [4.69, 9.17) is 19.9 Å². The maximum absolute atomic E-state index is 5.09. The Morgan fingerprint density at radius 3 is 0.913 bits per heavy atom. The van der Waals surface area contributed by atoms with E-state index in [-0.39, 0.29) is 0 Å². The zero-order chi connectivity index (χ0) is 60.9. The second-order valence-corrected chi connectivity index (χ2v) is 23.2. The Morgan fingerprint density at radius 2 is 0.500 bits per heavy atom. The van der Waals surface area contributed by atoms with Crippen molar-refractivity contribution in [3.05, 3.63) is 322 Å². The molecule has 0 atom stereocenters. The Labute approximate surface area is 532 Å². The van der Waals surface area contributed by atoms with Gasteiger partial charge < -0.3 is 0 Å². The van der Waals surface area contributed by atoms with E-state index in [2.05, 4.69) is 264 Å². The van der Waals surface area contributed by atoms with Gasteiger partial charge in [0.05, 0.1) is 22.8 Å². The van der Waals surface area contributed by atoms with Crippen molar-refractivity contribution in [2.24, 2.45) is 0 Å². The van der Waals surface area contributed by atoms with Gasteiger partial charge in [-0.25, -0.2) is 29.9 Å². The molecule has 4 aromatic heterocycles. The van der Waals surface area contributed by atoms with Crippen LogP contribution in [0.5, 0.6) is 0 Å². The third-order valence-electron chi connectivity index (χ3n) is 17.8. The van der Waals surface area contributed by atoms with Crippen molar-refractivity contribution >= 4 is 21.5 Å². The highest BCUT2D eigenvalue weighted by molar-refractivity contribution is 6.20. The Hall–Kier alpha value is -12.5. The number of aromatic nitrogens is 7. The Kier molecular flexibility index (Phi) is 13.4. The lowest BCUT2D eigenvalue weighted by molar-refractivity contribution is 1.17. The molecular formula is C85H53N7. The summed E-state index contributed by atoms with van der Waals surface area (Å²) in [5, 5.41) is 5.24. The van der Waals surface area contributed by atoms with Crippen molar-refractivity contribution in [1.82, 2.24) is 34.9 Å². The molecule has 0 unspecified atom stereocenters. The van der Waals surface area contributed by atoms with E-state index in [1.165, 1.54) is 88.3 Å². The number of fused-ring (bicyclic) bond motifs is 6. The lowest BCUT2D eigenvalue weighted by Gasteiger charge is -2.12. The van der Waals surface area contributed by atoms with Gasteiger partial charge in [-0.05, 0) is 123 Å². The van der Waals surface area contributed by atoms with Gasteiger partial charge in [0.2, 0.25) is 0 Å². The molecule has 0 amide bonds. The lowest BCUT2D eigenvalue weighted by Crippen LogP contribution is -1.96. The number of hydrogen-bond acceptors (Lipinski definition) is 7. The minimum atomic E-state index is 0.684. The van der Waals surface area contributed by atoms with E-state index in [0.29, 0.717) is 11.6 Å². The van der Waals surface area contributed by atoms with E-state index >= 15 is 0 Å². The molecule has 0 bridgehead atoms. The van der Waals surface area contributed by atoms with Crippen LogP contribution in [0.25, 0.3) is 178 Å². The van der Waals surface area contributed by atoms with Crippen molar-refractivity contribution in [3.8, 4) is 157 Å². The van der Waals surface area contributed by atoms with E-state index in [0.717, 1.165) is 78.4 Å². The number of benzene rings is 12. The summed E-state index contributed by atoms with van der Waals surface area (Å²) in [4.78, 5) is 32.8. The second-order valence-electron chi connectivity index (χ2n) is 23.2. The van der Waals surface area contributed by atoms with Gasteiger partial charge in [-0.15, -0.1) is 0 Å². The first-order chi connectivity index (χ1) is 45.6. The van der Waals surface area contributed by atoms with Gasteiger partial charge in [-0.2, -0.15) is 0 Å². The molecule has 92 heavy (non-hydrogen) atoms. The van der Waals surface area contributed by atoms with Crippen molar-refractivity contribution in [2.45, 2.75) is 0 Å². The number of hydrogen-bond donors (Lipinski definition) is 0. The molecule has 0 saturated heterocycles. The largest absolute Gasteiger partial charge is 0.264 e. The standard InChI is InChI=1S/C43H27N3.C42H26N4/c1-2-8-30(9-3-1)40-26-41(46-43(45-40)32-21-15-28(16-22-32)33-10-7-25-44-27-33)31-19-17-29(18-20-31)34-23-24-39-36-12-5-4-11-35(36)38-14-6-13-37(34)42(38)39;1-2-7-29(8-3-1)39-23-40(46-42(45-39)31-19-13-27(14-20-31)32-24-43-26-44-25-32)30-17-15-28(16-18-30)33-21-22-38-35-10-5-4-9-34(35)37-12-6-11-36(33)41(37)38/h1-27H;1-26H. The first-order valence-corrected chi connectivity index (χ1v) is 30.9. The first-order valence-electron chi connectivity index (χ1n) is 30.9. The minimum Gasteiger partial charge on any atom is -0.264 e. The van der Waals surface area contributed by atoms with E-state index in [9.17, 15) is 0 Å². The molecule has 0 fully saturated rings. The molecule has 2 aliphatic carbocycles. The van der Waals surface area contributed by atoms with Crippen LogP contribution < -0.4 is 0 Å². The molecule has 18 rings (SSSR count). The topological polar surface area (TPSA) is 90.2 Å². The zero-order valence-electron chi connectivity index (χ0n) is 49.7. The molecule has 0 N–H and O–H groups in total. The Balaban J connectivity index is 0.000000141. The van der Waals surface area contributed by atoms with Crippen molar-refractivity contribution in [2.75, 3.05) is 0 Å². The van der Waals surface area contributed by atoms with Crippen LogP contribution in [0.1, 0.15) is 0 Å². The fraction of sp³-hybridized carbons (Fsp3) is 0. The predicted octanol–water partition coefficient (Wildman–Crippen LogP) is 21.4. The van der Waals surface area contributed by atoms with Crippen LogP contribution in [-0.4, -0.2) is 34.9 Å². The van der Waals surface area contributed by atoms with Crippen LogP contribution in [0.2, 0.25) is 0 Å². The van der Waals surface area contributed by atoms with Gasteiger partial charge in [-0.3, -0.25) is 4.98 Å². The second kappa shape index (κ2) is 22.9. The highest BCUT2D eigenvalue weighted by atomic mass is 14.9. The molecule has 7 nitrogen and oxygen atoms in total. The van der Waals surface area contributed by atoms with E-state index < -0.39 is 0 Å². The van der Waals surface area contributed by atoms with E-state index in [1.807, 2.05) is 61.1 Å². The van der Waals surface area contributed by atoms with Crippen molar-refractivity contribution in [1.29, 1.82) is 0 Å². The molecule has 0 saturated carbocycles. The van der Waals surface area contributed by atoms with Crippen LogP contribution in [0.3, 0.4) is 0 Å². The van der Waals surface area contributed by atoms with Crippen LogP contribution in [0.4, 0.5) is 0 Å². The summed E-state index contributed by atoms with van der Waals surface area (Å²) in [6.07, 6.45) is 8.85. The average molecular weight is 1170 g/mol. The van der Waals surface area contributed by atoms with Gasteiger partial charge in [0.15, 0.2) is 11.6 Å². The smallest absolute Gasteiger partial charge is 0.160 e. The summed E-state index contributed by atoms with van der Waals surface area (Å²) in [5.41, 5.74) is 29.2. The summed E-state index contributed by atoms with van der Waals surface area (Å²) < 4.78 is 0. The molecule has 4 heterocycles. The summed E-state index contributed by atoms with van der Waals surface area (Å²) in [5.74, 6) is 1.38. The summed E-state index contributed by atoms with van der Waals surface area (Å²) in [6, 6.07) is 103. The van der Waals surface area contributed by atoms with Gasteiger partial charge in [-0.1, -0.05) is 273 Å². The van der Waals surface area contributed by atoms with Crippen molar-refractivity contribution in [3.63, 3.8) is 0 Å². The molecule has 7 heteroatoms. The Bertz CT molecular complexity index is 5050. The normalized spacial score (nSPS) is 11.5. The van der Waals surface area contributed by atoms with Crippen LogP contribution in [0, 0.1) is 0 Å². The third kappa shape index (κ3) is 9.78. The van der Waals surface area contributed by atoms with Gasteiger partial charge in [0.1, 0.15) is 6.33 Å². The van der Waals surface area contributed by atoms with Gasteiger partial charge >= 0.3 is 0 Å². The predicted molar refractivity (Wildman–Crippen MR) is 376 cm³/mol. The monoisotopic (exact) mass is 1170 g/mol. The van der Waals surface area contributed by atoms with E-state index in [1.54, 1.807) is 12.5 Å². The highest BCUT2D eigenvalue weighted by Crippen LogP contribution is 2.51. The number of pyridine rings is 1. The molecule has 2 aliphatic rings. The molecule has 12 aromatic carbocycles. The van der Waals surface area contributed by atoms with Gasteiger partial charge in [0, 0.05) is 63.7 Å². The van der Waals surface area contributed by atoms with Crippen molar-refractivity contribution < 1.29 is 0 Å². The number of nitrogens with zero attached hydrogens (tertiary/aromatic N) is 7. The lowest BCUT2D eigenvalue weighted by atomic mass is 9.93. The van der Waals surface area contributed by atoms with Gasteiger partial charge in [0.25, 0.3) is 0 Å². The quantitative estimate of drug-likeness (QED) is 0.135. The molecular weight excluding hydrogens is 1120 g/mol. The highest BCUT2D eigenvalue weighted by Gasteiger charge is 2.24. The molecule has 16 aromatic rings. The SMILES string of the molecule is c1ccc(-c2cc(-c3ccc(-c4ccc5c6c(cccc46)-c4ccccc4-5)cc3)nc(-c3ccc(-c4cccnc4)cc3)n2)cc1.c1ccc(-c2cc(-c3ccc(-c4ccc5c6c(cccc46)-c4ccccc4-5)cc3)nc(-c3ccc(-c4cncnc4)cc3)n2)cc1. The minimum absolute atomic E-state index is 0.684. The van der Waals surface area contributed by atoms with Crippen LogP contribution >= 0.6 is 0 Å². The maximum atomic E-state index is 5.09. The maximum Gasteiger partial charge on any atom is 0.160 e. The first kappa shape index (κ1) is 53.8. The summed E-state index contributed by atoms with van der Waals surface area (Å²) in [7, 11) is 0. The number of rotatable bonds is 10. The molecule has 428 valence electrons. The summed E-state index contributed by atoms with van der Waals surface area (Å²) in [6.45, 7) is 0. The molecule has 0 spiro atoms. The molecule has 0 aliphatic heterocycles. The average Bonchev–Trinajstić information content (AvgIpc) is 1.61. The van der Waals surface area contributed by atoms with Crippen LogP contribution in [0.15, 0.2) is 322 Å². The summed E-state index contributed by atoms with van der Waals surface area (Å²) >= 11 is 0. The fourth-order valence-electron chi connectivity index (χ4n) is 13.3. The fourth-order valence-corrected chi connectivity index (χ4v) is 13.3. The third-order valence-corrected chi connectivity index (χ3v) is 17.8. The zero-order valence-corrected chi connectivity index (χ0v) is 49.7.